The molecule has 0 spiro atoms. The Balaban J connectivity index is 2.60. The van der Waals surface area contributed by atoms with Crippen LogP contribution in [-0.2, 0) is 9.53 Å². The first kappa shape index (κ1) is 11.0. The summed E-state index contributed by atoms with van der Waals surface area (Å²) >= 11 is 1.31. The standard InChI is InChI=1S/C9H12N2O2S/c1-13-6-7(9(10)12)14-8-4-2-3-5-11-8/h2-5,7H,6H2,1H3,(H2,10,12). The molecule has 1 aromatic heterocycles. The topological polar surface area (TPSA) is 65.2 Å². The molecule has 0 aliphatic carbocycles. The van der Waals surface area contributed by atoms with Crippen LogP contribution >= 0.6 is 11.8 Å². The van der Waals surface area contributed by atoms with Crippen LogP contribution in [0.15, 0.2) is 29.4 Å². The van der Waals surface area contributed by atoms with Crippen molar-refractivity contribution in [2.75, 3.05) is 13.7 Å². The lowest BCUT2D eigenvalue weighted by molar-refractivity contribution is -0.118. The quantitative estimate of drug-likeness (QED) is 0.729. The van der Waals surface area contributed by atoms with E-state index in [9.17, 15) is 4.79 Å². The number of ether oxygens (including phenoxy) is 1. The van der Waals surface area contributed by atoms with E-state index in [1.807, 2.05) is 18.2 Å². The molecule has 0 fully saturated rings. The van der Waals surface area contributed by atoms with Gasteiger partial charge in [-0.3, -0.25) is 4.79 Å². The van der Waals surface area contributed by atoms with Gasteiger partial charge in [0.05, 0.1) is 11.6 Å². The zero-order chi connectivity index (χ0) is 10.4. The maximum absolute atomic E-state index is 11.0. The van der Waals surface area contributed by atoms with Crippen molar-refractivity contribution in [2.45, 2.75) is 10.3 Å². The number of carbonyl (C=O) groups excluding carboxylic acids is 1. The number of hydrogen-bond acceptors (Lipinski definition) is 4. The maximum Gasteiger partial charge on any atom is 0.233 e. The number of primary amides is 1. The number of nitrogens with two attached hydrogens (primary N) is 1. The normalized spacial score (nSPS) is 12.4. The van der Waals surface area contributed by atoms with E-state index in [0.717, 1.165) is 5.03 Å². The lowest BCUT2D eigenvalue weighted by atomic mass is 10.4. The van der Waals surface area contributed by atoms with Crippen LogP contribution in [0.3, 0.4) is 0 Å². The molecule has 1 aromatic rings. The third-order valence-electron chi connectivity index (χ3n) is 1.54. The van der Waals surface area contributed by atoms with Gasteiger partial charge in [0.15, 0.2) is 0 Å². The highest BCUT2D eigenvalue weighted by Gasteiger charge is 2.16. The zero-order valence-electron chi connectivity index (χ0n) is 7.84. The number of carbonyl (C=O) groups is 1. The molecule has 1 atom stereocenters. The van der Waals surface area contributed by atoms with Crippen LogP contribution in [-0.4, -0.2) is 29.9 Å². The number of rotatable bonds is 5. The number of nitrogens with zero attached hydrogens (tertiary/aromatic N) is 1. The Bertz CT molecular complexity index is 292. The lowest BCUT2D eigenvalue weighted by Gasteiger charge is -2.10. The first-order valence-corrected chi connectivity index (χ1v) is 4.98. The van der Waals surface area contributed by atoms with Crippen molar-refractivity contribution in [1.29, 1.82) is 0 Å². The Morgan fingerprint density at radius 3 is 3.00 bits per heavy atom. The molecule has 0 aromatic carbocycles. The van der Waals surface area contributed by atoms with E-state index in [2.05, 4.69) is 4.98 Å². The number of amides is 1. The molecule has 0 saturated heterocycles. The van der Waals surface area contributed by atoms with Gasteiger partial charge in [0.2, 0.25) is 5.91 Å². The molecular formula is C9H12N2O2S. The largest absolute Gasteiger partial charge is 0.383 e. The van der Waals surface area contributed by atoms with Crippen LogP contribution in [0.2, 0.25) is 0 Å². The second-order valence-electron chi connectivity index (χ2n) is 2.63. The summed E-state index contributed by atoms with van der Waals surface area (Å²) in [5, 5.41) is 0.392. The Morgan fingerprint density at radius 1 is 1.71 bits per heavy atom. The van der Waals surface area contributed by atoms with Crippen LogP contribution in [0.4, 0.5) is 0 Å². The predicted molar refractivity (Wildman–Crippen MR) is 55.0 cm³/mol. The van der Waals surface area contributed by atoms with Crippen LogP contribution < -0.4 is 5.73 Å². The van der Waals surface area contributed by atoms with E-state index in [4.69, 9.17) is 10.5 Å². The van der Waals surface area contributed by atoms with Crippen molar-refractivity contribution in [3.63, 3.8) is 0 Å². The van der Waals surface area contributed by atoms with Crippen molar-refractivity contribution in [3.8, 4) is 0 Å². The van der Waals surface area contributed by atoms with Crippen molar-refractivity contribution in [3.05, 3.63) is 24.4 Å². The highest BCUT2D eigenvalue weighted by Crippen LogP contribution is 2.20. The van der Waals surface area contributed by atoms with Crippen LogP contribution in [0.25, 0.3) is 0 Å². The van der Waals surface area contributed by atoms with Gasteiger partial charge >= 0.3 is 0 Å². The molecule has 0 aliphatic heterocycles. The monoisotopic (exact) mass is 212 g/mol. The van der Waals surface area contributed by atoms with Gasteiger partial charge in [0.1, 0.15) is 5.25 Å². The minimum atomic E-state index is -0.387. The van der Waals surface area contributed by atoms with E-state index in [1.54, 1.807) is 6.20 Å². The molecule has 0 aliphatic rings. The zero-order valence-corrected chi connectivity index (χ0v) is 8.66. The fraction of sp³-hybridized carbons (Fsp3) is 0.333. The molecule has 14 heavy (non-hydrogen) atoms. The van der Waals surface area contributed by atoms with Crippen molar-refractivity contribution in [2.24, 2.45) is 5.73 Å². The van der Waals surface area contributed by atoms with Crippen LogP contribution in [0.5, 0.6) is 0 Å². The summed E-state index contributed by atoms with van der Waals surface area (Å²) < 4.78 is 4.89. The number of aromatic nitrogens is 1. The molecule has 1 unspecified atom stereocenters. The Morgan fingerprint density at radius 2 is 2.50 bits per heavy atom. The fourth-order valence-electron chi connectivity index (χ4n) is 0.888. The van der Waals surface area contributed by atoms with E-state index in [0.29, 0.717) is 6.61 Å². The van der Waals surface area contributed by atoms with Gasteiger partial charge in [-0.2, -0.15) is 0 Å². The van der Waals surface area contributed by atoms with Crippen molar-refractivity contribution < 1.29 is 9.53 Å². The highest BCUT2D eigenvalue weighted by molar-refractivity contribution is 8.00. The average molecular weight is 212 g/mol. The van der Waals surface area contributed by atoms with Gasteiger partial charge < -0.3 is 10.5 Å². The summed E-state index contributed by atoms with van der Waals surface area (Å²) in [5.74, 6) is -0.387. The van der Waals surface area contributed by atoms with Gasteiger partial charge in [-0.05, 0) is 12.1 Å². The van der Waals surface area contributed by atoms with Gasteiger partial charge in [-0.15, -0.1) is 0 Å². The minimum Gasteiger partial charge on any atom is -0.383 e. The van der Waals surface area contributed by atoms with Crippen LogP contribution in [0.1, 0.15) is 0 Å². The second-order valence-corrected chi connectivity index (χ2v) is 3.86. The number of thioether (sulfide) groups is 1. The third kappa shape index (κ3) is 3.35. The van der Waals surface area contributed by atoms with Crippen molar-refractivity contribution >= 4 is 17.7 Å². The minimum absolute atomic E-state index is 0.302. The Kier molecular flexibility index (Phi) is 4.42. The molecular weight excluding hydrogens is 200 g/mol. The fourth-order valence-corrected chi connectivity index (χ4v) is 1.78. The summed E-state index contributed by atoms with van der Waals surface area (Å²) in [6.45, 7) is 0.302. The second kappa shape index (κ2) is 5.62. The molecule has 0 radical (unpaired) electrons. The molecule has 1 heterocycles. The smallest absolute Gasteiger partial charge is 0.233 e. The first-order chi connectivity index (χ1) is 6.74. The molecule has 1 amide bonds. The van der Waals surface area contributed by atoms with E-state index in [-0.39, 0.29) is 11.2 Å². The molecule has 2 N–H and O–H groups in total. The van der Waals surface area contributed by atoms with Gasteiger partial charge in [0, 0.05) is 13.3 Å². The highest BCUT2D eigenvalue weighted by atomic mass is 32.2. The van der Waals surface area contributed by atoms with E-state index < -0.39 is 0 Å². The van der Waals surface area contributed by atoms with E-state index in [1.165, 1.54) is 18.9 Å². The molecule has 76 valence electrons. The summed E-state index contributed by atoms with van der Waals surface area (Å²) in [7, 11) is 1.54. The number of hydrogen-bond donors (Lipinski definition) is 1. The molecule has 4 nitrogen and oxygen atoms in total. The number of pyridine rings is 1. The van der Waals surface area contributed by atoms with Crippen molar-refractivity contribution in [1.82, 2.24) is 4.98 Å². The lowest BCUT2D eigenvalue weighted by Crippen LogP contribution is -2.29. The molecule has 1 rings (SSSR count). The van der Waals surface area contributed by atoms with Gasteiger partial charge in [-0.1, -0.05) is 17.8 Å². The SMILES string of the molecule is COCC(Sc1ccccn1)C(N)=O. The average Bonchev–Trinajstić information content (AvgIpc) is 2.18. The Labute approximate surface area is 86.8 Å². The molecule has 5 heteroatoms. The summed E-state index contributed by atoms with van der Waals surface area (Å²) in [5.41, 5.74) is 5.20. The molecule has 0 saturated carbocycles. The number of methoxy groups -OCH3 is 1. The summed E-state index contributed by atoms with van der Waals surface area (Å²) in [6.07, 6.45) is 1.67. The molecule has 0 bridgehead atoms. The summed E-state index contributed by atoms with van der Waals surface area (Å²) in [6, 6.07) is 5.51. The van der Waals surface area contributed by atoms with Crippen LogP contribution in [0, 0.1) is 0 Å². The third-order valence-corrected chi connectivity index (χ3v) is 2.67. The first-order valence-electron chi connectivity index (χ1n) is 4.10. The van der Waals surface area contributed by atoms with E-state index >= 15 is 0 Å². The van der Waals surface area contributed by atoms with Gasteiger partial charge in [-0.25, -0.2) is 4.98 Å². The predicted octanol–water partition coefficient (Wildman–Crippen LogP) is 0.674. The maximum atomic E-state index is 11.0. The Hall–Kier alpha value is -1.07. The van der Waals surface area contributed by atoms with Gasteiger partial charge in [0.25, 0.3) is 0 Å². The summed E-state index contributed by atoms with van der Waals surface area (Å²) in [4.78, 5) is 15.1.